The Morgan fingerprint density at radius 2 is 1.49 bits per heavy atom. The number of hydrogen-bond acceptors (Lipinski definition) is 12. The van der Waals surface area contributed by atoms with Gasteiger partial charge in [0.15, 0.2) is 0 Å². The van der Waals surface area contributed by atoms with E-state index in [1.54, 1.807) is 56.3 Å². The molecule has 16 heteroatoms. The number of urea groups is 1. The first-order valence-corrected chi connectivity index (χ1v) is 14.7. The number of phenols is 1. The van der Waals surface area contributed by atoms with Crippen molar-refractivity contribution in [3.63, 3.8) is 0 Å². The van der Waals surface area contributed by atoms with Gasteiger partial charge in [0.25, 0.3) is 10.0 Å². The number of benzene rings is 3. The minimum Gasteiger partial charge on any atom is -0.508 e. The number of anilines is 5. The van der Waals surface area contributed by atoms with E-state index in [9.17, 15) is 18.3 Å². The van der Waals surface area contributed by atoms with Crippen LogP contribution in [-0.4, -0.2) is 51.6 Å². The van der Waals surface area contributed by atoms with Crippen LogP contribution in [-0.2, 0) is 10.0 Å². The van der Waals surface area contributed by atoms with Gasteiger partial charge in [-0.2, -0.15) is 15.0 Å². The molecular weight excluding hydrogens is 602 g/mol. The SMILES string of the molecule is COc1ccccc1NC(=O)Nc1nc(Nc2ccc(S(=O)(=O)Nc3nc(C)cc(C)n3)cc2)nc(Oc2cccc(O)c2)n1. The van der Waals surface area contributed by atoms with Crippen LogP contribution >= 0.6 is 0 Å². The van der Waals surface area contributed by atoms with Crippen LogP contribution in [0.15, 0.2) is 83.8 Å². The number of sulfonamides is 1. The number of carbonyl (C=O) groups excluding carboxylic acids is 1. The molecule has 0 bridgehead atoms. The van der Waals surface area contributed by atoms with Gasteiger partial charge in [-0.3, -0.25) is 5.32 Å². The van der Waals surface area contributed by atoms with E-state index in [4.69, 9.17) is 9.47 Å². The first-order valence-electron chi connectivity index (χ1n) is 13.2. The quantitative estimate of drug-likeness (QED) is 0.139. The number of aromatic nitrogens is 5. The smallest absolute Gasteiger partial charge is 0.328 e. The lowest BCUT2D eigenvalue weighted by Gasteiger charge is -2.12. The highest BCUT2D eigenvalue weighted by atomic mass is 32.2. The molecule has 0 saturated carbocycles. The van der Waals surface area contributed by atoms with Gasteiger partial charge in [0.1, 0.15) is 17.2 Å². The number of phenolic OH excluding ortho intramolecular Hbond substituents is 1. The summed E-state index contributed by atoms with van der Waals surface area (Å²) >= 11 is 0. The van der Waals surface area contributed by atoms with Gasteiger partial charge in [-0.25, -0.2) is 27.9 Å². The van der Waals surface area contributed by atoms with Crippen molar-refractivity contribution in [1.29, 1.82) is 0 Å². The third kappa shape index (κ3) is 8.08. The normalized spacial score (nSPS) is 10.9. The molecule has 0 radical (unpaired) electrons. The zero-order valence-corrected chi connectivity index (χ0v) is 25.0. The Kier molecular flexibility index (Phi) is 8.85. The Hall–Kier alpha value is -6.03. The van der Waals surface area contributed by atoms with E-state index >= 15 is 0 Å². The number of nitrogens with one attached hydrogen (secondary N) is 4. The first-order chi connectivity index (χ1) is 21.6. The summed E-state index contributed by atoms with van der Waals surface area (Å²) in [4.78, 5) is 33.6. The Bertz CT molecular complexity index is 1940. The number of methoxy groups -OCH3 is 1. The number of rotatable bonds is 10. The van der Waals surface area contributed by atoms with E-state index in [1.165, 1.54) is 43.5 Å². The Morgan fingerprint density at radius 1 is 0.778 bits per heavy atom. The van der Waals surface area contributed by atoms with E-state index < -0.39 is 16.1 Å². The standard InChI is InChI=1S/C29H27N9O6S/c1-17-15-18(2)31-27(30-17)38-45(41,42)22-13-11-19(12-14-22)32-25-34-26(35-28(40)33-23-9-4-5-10-24(23)43-3)37-29(36-25)44-21-8-6-7-20(39)16-21/h4-16,39H,1-3H3,(H,30,31,38)(H3,32,33,34,35,36,37,40). The van der Waals surface area contributed by atoms with Gasteiger partial charge in [-0.1, -0.05) is 18.2 Å². The van der Waals surface area contributed by atoms with Gasteiger partial charge >= 0.3 is 12.0 Å². The largest absolute Gasteiger partial charge is 0.508 e. The van der Waals surface area contributed by atoms with Crippen molar-refractivity contribution in [2.24, 2.45) is 0 Å². The lowest BCUT2D eigenvalue weighted by molar-refractivity contribution is 0.262. The predicted octanol–water partition coefficient (Wildman–Crippen LogP) is 4.97. The molecule has 2 amide bonds. The molecule has 0 unspecified atom stereocenters. The van der Waals surface area contributed by atoms with Gasteiger partial charge < -0.3 is 25.2 Å². The van der Waals surface area contributed by atoms with E-state index in [-0.39, 0.29) is 40.2 Å². The summed E-state index contributed by atoms with van der Waals surface area (Å²) in [5.74, 6) is 0.390. The fourth-order valence-electron chi connectivity index (χ4n) is 3.97. The monoisotopic (exact) mass is 629 g/mol. The van der Waals surface area contributed by atoms with Crippen LogP contribution in [0, 0.1) is 13.8 Å². The first kappa shape index (κ1) is 30.4. The molecule has 0 atom stereocenters. The van der Waals surface area contributed by atoms with E-state index in [2.05, 4.69) is 45.6 Å². The number of carbonyl (C=O) groups is 1. The van der Waals surface area contributed by atoms with Crippen LogP contribution in [0.5, 0.6) is 23.3 Å². The molecule has 0 aliphatic carbocycles. The summed E-state index contributed by atoms with van der Waals surface area (Å²) in [7, 11) is -2.50. The average molecular weight is 630 g/mol. The van der Waals surface area contributed by atoms with Crippen molar-refractivity contribution in [3.8, 4) is 23.3 Å². The average Bonchev–Trinajstić information content (AvgIpc) is 2.97. The third-order valence-electron chi connectivity index (χ3n) is 5.85. The molecule has 5 N–H and O–H groups in total. The maximum atomic E-state index is 12.9. The highest BCUT2D eigenvalue weighted by molar-refractivity contribution is 7.92. The fraction of sp³-hybridized carbons (Fsp3) is 0.103. The van der Waals surface area contributed by atoms with Crippen LogP contribution in [0.3, 0.4) is 0 Å². The molecule has 2 heterocycles. The van der Waals surface area contributed by atoms with E-state index in [1.807, 2.05) is 0 Å². The van der Waals surface area contributed by atoms with Crippen molar-refractivity contribution >= 4 is 45.3 Å². The maximum Gasteiger partial charge on any atom is 0.328 e. The summed E-state index contributed by atoms with van der Waals surface area (Å²) in [5.41, 5.74) is 2.07. The van der Waals surface area contributed by atoms with Crippen LogP contribution < -0.4 is 30.1 Å². The minimum absolute atomic E-state index is 0.0327. The summed E-state index contributed by atoms with van der Waals surface area (Å²) < 4.78 is 39.2. The highest BCUT2D eigenvalue weighted by Gasteiger charge is 2.17. The number of aryl methyl sites for hydroxylation is 2. The van der Waals surface area contributed by atoms with Gasteiger partial charge in [0.05, 0.1) is 17.7 Å². The fourth-order valence-corrected chi connectivity index (χ4v) is 4.91. The van der Waals surface area contributed by atoms with Gasteiger partial charge in [-0.05, 0) is 68.4 Å². The maximum absolute atomic E-state index is 12.9. The zero-order valence-electron chi connectivity index (χ0n) is 24.1. The van der Waals surface area contributed by atoms with Crippen LogP contribution in [0.1, 0.15) is 11.4 Å². The molecule has 230 valence electrons. The topological polar surface area (TPSA) is 202 Å². The van der Waals surface area contributed by atoms with Crippen molar-refractivity contribution in [3.05, 3.63) is 90.3 Å². The lowest BCUT2D eigenvalue weighted by atomic mass is 10.3. The Morgan fingerprint density at radius 3 is 2.20 bits per heavy atom. The number of hydrogen-bond donors (Lipinski definition) is 5. The number of ether oxygens (including phenoxy) is 2. The van der Waals surface area contributed by atoms with E-state index in [0.29, 0.717) is 28.5 Å². The zero-order chi connectivity index (χ0) is 32.0. The summed E-state index contributed by atoms with van der Waals surface area (Å²) in [6.07, 6.45) is 0. The van der Waals surface area contributed by atoms with E-state index in [0.717, 1.165) is 0 Å². The van der Waals surface area contributed by atoms with Crippen molar-refractivity contribution < 1.29 is 27.8 Å². The third-order valence-corrected chi connectivity index (χ3v) is 7.19. The molecule has 15 nitrogen and oxygen atoms in total. The van der Waals surface area contributed by atoms with Crippen LogP contribution in [0.25, 0.3) is 0 Å². The van der Waals surface area contributed by atoms with Crippen molar-refractivity contribution in [2.45, 2.75) is 18.7 Å². The second-order valence-corrected chi connectivity index (χ2v) is 11.1. The van der Waals surface area contributed by atoms with Crippen LogP contribution in [0.2, 0.25) is 0 Å². The van der Waals surface area contributed by atoms with Crippen molar-refractivity contribution in [1.82, 2.24) is 24.9 Å². The molecule has 45 heavy (non-hydrogen) atoms. The van der Waals surface area contributed by atoms with Gasteiger partial charge in [-0.15, -0.1) is 0 Å². The number of para-hydroxylation sites is 2. The minimum atomic E-state index is -3.98. The second kappa shape index (κ2) is 13.1. The Labute approximate surface area is 257 Å². The molecule has 0 aliphatic heterocycles. The van der Waals surface area contributed by atoms with Gasteiger partial charge in [0, 0.05) is 23.1 Å². The Balaban J connectivity index is 1.37. The molecule has 5 aromatic rings. The lowest BCUT2D eigenvalue weighted by Crippen LogP contribution is -2.21. The molecular formula is C29H27N9O6S. The summed E-state index contributed by atoms with van der Waals surface area (Å²) in [6.45, 7) is 3.48. The molecule has 5 rings (SSSR count). The molecule has 2 aromatic heterocycles. The highest BCUT2D eigenvalue weighted by Crippen LogP contribution is 2.26. The molecule has 0 aliphatic rings. The predicted molar refractivity (Wildman–Crippen MR) is 166 cm³/mol. The van der Waals surface area contributed by atoms with Crippen molar-refractivity contribution in [2.75, 3.05) is 27.8 Å². The summed E-state index contributed by atoms with van der Waals surface area (Å²) in [5, 5.41) is 17.9. The number of aromatic hydroxyl groups is 1. The second-order valence-electron chi connectivity index (χ2n) is 9.37. The number of nitrogens with zero attached hydrogens (tertiary/aromatic N) is 5. The summed E-state index contributed by atoms with van der Waals surface area (Å²) in [6, 6.07) is 19.4. The molecule has 3 aromatic carbocycles. The van der Waals surface area contributed by atoms with Crippen LogP contribution in [0.4, 0.5) is 34.0 Å². The van der Waals surface area contributed by atoms with Gasteiger partial charge in [0.2, 0.25) is 17.8 Å². The number of amides is 2. The molecule has 0 saturated heterocycles. The molecule has 0 spiro atoms. The molecule has 0 fully saturated rings.